The second-order valence-electron chi connectivity index (χ2n) is 5.27. The second kappa shape index (κ2) is 8.80. The number of benzene rings is 1. The molecular weight excluding hydrogens is 269 g/mol. The fraction of sp³-hybridized carbons (Fsp3) is 0.529. The fourth-order valence-electron chi connectivity index (χ4n) is 2.51. The Balaban J connectivity index is 1.61. The Kier molecular flexibility index (Phi) is 6.70. The lowest BCUT2D eigenvalue weighted by molar-refractivity contribution is 0.149. The van der Waals surface area contributed by atoms with Gasteiger partial charge in [-0.05, 0) is 50.0 Å². The van der Waals surface area contributed by atoms with E-state index in [1.807, 2.05) is 12.2 Å². The van der Waals surface area contributed by atoms with Crippen molar-refractivity contribution in [2.24, 2.45) is 0 Å². The van der Waals surface area contributed by atoms with E-state index in [0.29, 0.717) is 6.61 Å². The van der Waals surface area contributed by atoms with E-state index >= 15 is 0 Å². The summed E-state index contributed by atoms with van der Waals surface area (Å²) in [7, 11) is 1.47. The molecule has 0 unspecified atom stereocenters. The van der Waals surface area contributed by atoms with E-state index in [1.165, 1.54) is 39.1 Å². The van der Waals surface area contributed by atoms with E-state index in [4.69, 9.17) is 9.47 Å². The molecule has 0 atom stereocenters. The van der Waals surface area contributed by atoms with Crippen molar-refractivity contribution in [3.63, 3.8) is 0 Å². The Morgan fingerprint density at radius 1 is 1.29 bits per heavy atom. The number of rotatable bonds is 8. The van der Waals surface area contributed by atoms with Crippen LogP contribution >= 0.6 is 0 Å². The third-order valence-corrected chi connectivity index (χ3v) is 3.66. The molecule has 0 spiro atoms. The highest BCUT2D eigenvalue weighted by molar-refractivity contribution is 5.52. The minimum Gasteiger partial charge on any atom is -0.494 e. The average Bonchev–Trinajstić information content (AvgIpc) is 3.01. The molecule has 1 aliphatic heterocycles. The highest BCUT2D eigenvalue weighted by Crippen LogP contribution is 2.18. The summed E-state index contributed by atoms with van der Waals surface area (Å²) < 4.78 is 23.8. The Morgan fingerprint density at radius 2 is 2.10 bits per heavy atom. The van der Waals surface area contributed by atoms with Crippen LogP contribution in [0.2, 0.25) is 0 Å². The van der Waals surface area contributed by atoms with Gasteiger partial charge in [0.05, 0.1) is 13.7 Å². The summed E-state index contributed by atoms with van der Waals surface area (Å²) >= 11 is 0. The molecule has 1 aromatic carbocycles. The third-order valence-electron chi connectivity index (χ3n) is 3.66. The monoisotopic (exact) mass is 293 g/mol. The van der Waals surface area contributed by atoms with Gasteiger partial charge in [-0.25, -0.2) is 4.39 Å². The smallest absolute Gasteiger partial charge is 0.165 e. The summed E-state index contributed by atoms with van der Waals surface area (Å²) in [5.41, 5.74) is 0.911. The second-order valence-corrected chi connectivity index (χ2v) is 5.27. The predicted molar refractivity (Wildman–Crippen MR) is 83.1 cm³/mol. The maximum atomic E-state index is 13.2. The number of hydrogen-bond acceptors (Lipinski definition) is 3. The number of likely N-dealkylation sites (tertiary alicyclic amines) is 1. The average molecular weight is 293 g/mol. The molecule has 2 rings (SSSR count). The molecule has 0 saturated carbocycles. The van der Waals surface area contributed by atoms with Crippen LogP contribution in [0.25, 0.3) is 6.08 Å². The Morgan fingerprint density at radius 3 is 2.86 bits per heavy atom. The molecule has 0 aromatic heterocycles. The number of methoxy groups -OCH3 is 1. The molecule has 1 aliphatic rings. The van der Waals surface area contributed by atoms with Crippen LogP contribution in [0.5, 0.6) is 5.75 Å². The maximum absolute atomic E-state index is 13.2. The Bertz CT molecular complexity index is 456. The van der Waals surface area contributed by atoms with Crippen molar-refractivity contribution < 1.29 is 13.9 Å². The van der Waals surface area contributed by atoms with Gasteiger partial charge in [-0.2, -0.15) is 0 Å². The van der Waals surface area contributed by atoms with Crippen molar-refractivity contribution in [3.05, 3.63) is 35.7 Å². The molecule has 1 saturated heterocycles. The molecule has 0 aliphatic carbocycles. The summed E-state index contributed by atoms with van der Waals surface area (Å²) in [4.78, 5) is 2.49. The Hall–Kier alpha value is -1.39. The topological polar surface area (TPSA) is 21.7 Å². The van der Waals surface area contributed by atoms with E-state index in [2.05, 4.69) is 4.90 Å². The van der Waals surface area contributed by atoms with Crippen LogP contribution in [-0.2, 0) is 4.74 Å². The highest BCUT2D eigenvalue weighted by atomic mass is 19.1. The zero-order valence-corrected chi connectivity index (χ0v) is 12.7. The SMILES string of the molecule is COc1cc(C=CCOCCCN2CCCC2)ccc1F. The molecule has 0 N–H and O–H groups in total. The van der Waals surface area contributed by atoms with Crippen LogP contribution < -0.4 is 4.74 Å². The number of hydrogen-bond donors (Lipinski definition) is 0. The molecule has 21 heavy (non-hydrogen) atoms. The van der Waals surface area contributed by atoms with Crippen LogP contribution in [0.1, 0.15) is 24.8 Å². The van der Waals surface area contributed by atoms with Gasteiger partial charge >= 0.3 is 0 Å². The Labute approximate surface area is 126 Å². The molecule has 1 fully saturated rings. The number of nitrogens with zero attached hydrogens (tertiary/aromatic N) is 1. The minimum absolute atomic E-state index is 0.267. The summed E-state index contributed by atoms with van der Waals surface area (Å²) in [5.74, 6) is -0.0727. The minimum atomic E-state index is -0.340. The van der Waals surface area contributed by atoms with Crippen molar-refractivity contribution in [3.8, 4) is 5.75 Å². The van der Waals surface area contributed by atoms with E-state index in [-0.39, 0.29) is 11.6 Å². The quantitative estimate of drug-likeness (QED) is 0.686. The van der Waals surface area contributed by atoms with E-state index in [0.717, 1.165) is 25.1 Å². The first-order chi connectivity index (χ1) is 10.3. The van der Waals surface area contributed by atoms with Gasteiger partial charge in [0.2, 0.25) is 0 Å². The summed E-state index contributed by atoms with van der Waals surface area (Å²) in [6, 6.07) is 4.82. The van der Waals surface area contributed by atoms with E-state index in [1.54, 1.807) is 12.1 Å². The molecule has 0 bridgehead atoms. The maximum Gasteiger partial charge on any atom is 0.165 e. The van der Waals surface area contributed by atoms with Gasteiger partial charge < -0.3 is 14.4 Å². The molecule has 1 aromatic rings. The van der Waals surface area contributed by atoms with Gasteiger partial charge in [0.1, 0.15) is 0 Å². The predicted octanol–water partition coefficient (Wildman–Crippen LogP) is 3.35. The molecule has 4 heteroatoms. The van der Waals surface area contributed by atoms with Crippen molar-refractivity contribution in [1.82, 2.24) is 4.90 Å². The zero-order valence-electron chi connectivity index (χ0n) is 12.7. The molecule has 0 amide bonds. The van der Waals surface area contributed by atoms with Crippen LogP contribution in [0.4, 0.5) is 4.39 Å². The summed E-state index contributed by atoms with van der Waals surface area (Å²) in [6.45, 7) is 4.99. The molecule has 3 nitrogen and oxygen atoms in total. The number of ether oxygens (including phenoxy) is 2. The van der Waals surface area contributed by atoms with Gasteiger partial charge in [-0.15, -0.1) is 0 Å². The van der Waals surface area contributed by atoms with Crippen molar-refractivity contribution >= 4 is 6.08 Å². The normalized spacial score (nSPS) is 15.9. The highest BCUT2D eigenvalue weighted by Gasteiger charge is 2.09. The lowest BCUT2D eigenvalue weighted by Gasteiger charge is -2.13. The van der Waals surface area contributed by atoms with E-state index in [9.17, 15) is 4.39 Å². The van der Waals surface area contributed by atoms with Crippen LogP contribution in [-0.4, -0.2) is 44.9 Å². The summed E-state index contributed by atoms with van der Waals surface area (Å²) in [5, 5.41) is 0. The van der Waals surface area contributed by atoms with E-state index < -0.39 is 0 Å². The lowest BCUT2D eigenvalue weighted by atomic mass is 10.2. The van der Waals surface area contributed by atoms with Crippen molar-refractivity contribution in [2.45, 2.75) is 19.3 Å². The standard InChI is InChI=1S/C17H24FNO2/c1-20-17-14-15(7-8-16(17)18)6-4-12-21-13-5-11-19-9-2-3-10-19/h4,6-8,14H,2-3,5,9-13H2,1H3. The van der Waals surface area contributed by atoms with Crippen LogP contribution in [0.3, 0.4) is 0 Å². The number of halogens is 1. The van der Waals surface area contributed by atoms with Gasteiger partial charge in [0.15, 0.2) is 11.6 Å². The first kappa shape index (κ1) is 16.0. The third kappa shape index (κ3) is 5.48. The lowest BCUT2D eigenvalue weighted by Crippen LogP contribution is -2.21. The van der Waals surface area contributed by atoms with Crippen LogP contribution in [0.15, 0.2) is 24.3 Å². The van der Waals surface area contributed by atoms with Gasteiger partial charge in [0.25, 0.3) is 0 Å². The summed E-state index contributed by atoms with van der Waals surface area (Å²) in [6.07, 6.45) is 7.62. The van der Waals surface area contributed by atoms with Crippen molar-refractivity contribution in [1.29, 1.82) is 0 Å². The molecule has 116 valence electrons. The largest absolute Gasteiger partial charge is 0.494 e. The molecule has 1 heterocycles. The first-order valence-corrected chi connectivity index (χ1v) is 7.60. The molecular formula is C17H24FNO2. The van der Waals surface area contributed by atoms with Gasteiger partial charge in [-0.1, -0.05) is 18.2 Å². The van der Waals surface area contributed by atoms with Gasteiger partial charge in [0, 0.05) is 13.2 Å². The van der Waals surface area contributed by atoms with Gasteiger partial charge in [-0.3, -0.25) is 0 Å². The fourth-order valence-corrected chi connectivity index (χ4v) is 2.51. The van der Waals surface area contributed by atoms with Crippen molar-refractivity contribution in [2.75, 3.05) is 40.0 Å². The first-order valence-electron chi connectivity index (χ1n) is 7.60. The zero-order chi connectivity index (χ0) is 14.9. The van der Waals surface area contributed by atoms with Crippen LogP contribution in [0, 0.1) is 5.82 Å². The molecule has 0 radical (unpaired) electrons.